The lowest BCUT2D eigenvalue weighted by molar-refractivity contribution is -0.136. The Morgan fingerprint density at radius 3 is 2.06 bits per heavy atom. The van der Waals surface area contributed by atoms with E-state index in [1.807, 2.05) is 18.7 Å². The van der Waals surface area contributed by atoms with E-state index in [-0.39, 0.29) is 5.92 Å². The minimum Gasteiger partial charge on any atom is -0.340 e. The van der Waals surface area contributed by atoms with Crippen LogP contribution in [0.1, 0.15) is 34.1 Å². The number of carbonyl (C=O) groups is 1. The van der Waals surface area contributed by atoms with E-state index >= 15 is 0 Å². The molecule has 1 rings (SSSR count). The summed E-state index contributed by atoms with van der Waals surface area (Å²) in [5, 5.41) is 0. The molecule has 0 bridgehead atoms. The van der Waals surface area contributed by atoms with Crippen LogP contribution in [-0.2, 0) is 4.79 Å². The minimum absolute atomic E-state index is 0.141. The van der Waals surface area contributed by atoms with Gasteiger partial charge < -0.3 is 4.90 Å². The molecule has 0 atom stereocenters. The molecule has 0 radical (unpaired) electrons. The Balaban J connectivity index is 2.26. The Kier molecular flexibility index (Phi) is 5.26. The molecule has 1 amide bonds. The van der Waals surface area contributed by atoms with Gasteiger partial charge in [0.05, 0.1) is 0 Å². The predicted molar refractivity (Wildman–Crippen MR) is 67.3 cm³/mol. The van der Waals surface area contributed by atoms with Crippen molar-refractivity contribution in [3.63, 3.8) is 0 Å². The van der Waals surface area contributed by atoms with Crippen LogP contribution in [0.5, 0.6) is 0 Å². The van der Waals surface area contributed by atoms with Gasteiger partial charge in [0, 0.05) is 32.1 Å². The normalized spacial score (nSPS) is 18.5. The molecular weight excluding hydrogens is 200 g/mol. The molecule has 1 heterocycles. The van der Waals surface area contributed by atoms with E-state index < -0.39 is 0 Å². The molecule has 94 valence electrons. The standard InChI is InChI=1S/C13H26N2O/c1-11(2)5-6-14-7-9-15(10-8-14)13(16)12(3)4/h11-12H,5-10H2,1-4H3. The van der Waals surface area contributed by atoms with E-state index in [9.17, 15) is 4.79 Å². The third-order valence-corrected chi connectivity index (χ3v) is 3.20. The highest BCUT2D eigenvalue weighted by Gasteiger charge is 2.22. The fourth-order valence-electron chi connectivity index (χ4n) is 2.00. The van der Waals surface area contributed by atoms with E-state index in [1.165, 1.54) is 13.0 Å². The second-order valence-electron chi connectivity index (χ2n) is 5.50. The van der Waals surface area contributed by atoms with Gasteiger partial charge in [-0.25, -0.2) is 0 Å². The molecule has 0 aromatic carbocycles. The molecule has 1 aliphatic heterocycles. The number of rotatable bonds is 4. The third kappa shape index (κ3) is 4.12. The summed E-state index contributed by atoms with van der Waals surface area (Å²) in [5.74, 6) is 1.22. The van der Waals surface area contributed by atoms with Gasteiger partial charge in [-0.05, 0) is 18.9 Å². The van der Waals surface area contributed by atoms with Crippen LogP contribution >= 0.6 is 0 Å². The largest absolute Gasteiger partial charge is 0.340 e. The van der Waals surface area contributed by atoms with Gasteiger partial charge in [0.1, 0.15) is 0 Å². The van der Waals surface area contributed by atoms with Crippen LogP contribution in [0.3, 0.4) is 0 Å². The topological polar surface area (TPSA) is 23.6 Å². The maximum absolute atomic E-state index is 11.8. The molecular formula is C13H26N2O. The van der Waals surface area contributed by atoms with E-state index in [1.54, 1.807) is 0 Å². The van der Waals surface area contributed by atoms with Gasteiger partial charge >= 0.3 is 0 Å². The smallest absolute Gasteiger partial charge is 0.225 e. The van der Waals surface area contributed by atoms with Crippen LogP contribution in [0.4, 0.5) is 0 Å². The predicted octanol–water partition coefficient (Wildman–Crippen LogP) is 1.83. The summed E-state index contributed by atoms with van der Waals surface area (Å²) < 4.78 is 0. The molecule has 0 aliphatic carbocycles. The Labute approximate surface area is 99.8 Å². The van der Waals surface area contributed by atoms with Gasteiger partial charge in [0.2, 0.25) is 5.91 Å². The summed E-state index contributed by atoms with van der Waals surface area (Å²) in [6.45, 7) is 13.6. The molecule has 0 aromatic heterocycles. The summed E-state index contributed by atoms with van der Waals surface area (Å²) in [4.78, 5) is 16.3. The zero-order valence-corrected chi connectivity index (χ0v) is 11.2. The van der Waals surface area contributed by atoms with Gasteiger partial charge in [-0.3, -0.25) is 9.69 Å². The molecule has 0 aromatic rings. The lowest BCUT2D eigenvalue weighted by atomic mass is 10.1. The molecule has 1 saturated heterocycles. The quantitative estimate of drug-likeness (QED) is 0.730. The molecule has 1 aliphatic rings. The number of hydrogen-bond acceptors (Lipinski definition) is 2. The average Bonchev–Trinajstić information content (AvgIpc) is 2.26. The third-order valence-electron chi connectivity index (χ3n) is 3.20. The molecule has 1 fully saturated rings. The van der Waals surface area contributed by atoms with Gasteiger partial charge in [-0.2, -0.15) is 0 Å². The minimum atomic E-state index is 0.141. The van der Waals surface area contributed by atoms with Crippen LogP contribution < -0.4 is 0 Å². The van der Waals surface area contributed by atoms with Crippen molar-refractivity contribution < 1.29 is 4.79 Å². The summed E-state index contributed by atoms with van der Waals surface area (Å²) >= 11 is 0. The highest BCUT2D eigenvalue weighted by atomic mass is 16.2. The first kappa shape index (κ1) is 13.5. The van der Waals surface area contributed by atoms with Gasteiger partial charge in [-0.15, -0.1) is 0 Å². The van der Waals surface area contributed by atoms with E-state index in [4.69, 9.17) is 0 Å². The Morgan fingerprint density at radius 2 is 1.62 bits per heavy atom. The molecule has 0 unspecified atom stereocenters. The molecule has 16 heavy (non-hydrogen) atoms. The number of carbonyl (C=O) groups excluding carboxylic acids is 1. The number of hydrogen-bond donors (Lipinski definition) is 0. The number of nitrogens with zero attached hydrogens (tertiary/aromatic N) is 2. The van der Waals surface area contributed by atoms with Gasteiger partial charge in [0.25, 0.3) is 0 Å². The average molecular weight is 226 g/mol. The Hall–Kier alpha value is -0.570. The van der Waals surface area contributed by atoms with Gasteiger partial charge in [-0.1, -0.05) is 27.7 Å². The zero-order valence-electron chi connectivity index (χ0n) is 11.2. The first-order valence-electron chi connectivity index (χ1n) is 6.52. The first-order valence-corrected chi connectivity index (χ1v) is 6.52. The number of piperazine rings is 1. The van der Waals surface area contributed by atoms with E-state index in [2.05, 4.69) is 18.7 Å². The van der Waals surface area contributed by atoms with Crippen molar-refractivity contribution in [3.05, 3.63) is 0 Å². The lowest BCUT2D eigenvalue weighted by Crippen LogP contribution is -2.50. The lowest BCUT2D eigenvalue weighted by Gasteiger charge is -2.35. The van der Waals surface area contributed by atoms with Crippen molar-refractivity contribution >= 4 is 5.91 Å². The van der Waals surface area contributed by atoms with Crippen LogP contribution in [0.15, 0.2) is 0 Å². The Bertz CT molecular complexity index is 218. The molecule has 3 nitrogen and oxygen atoms in total. The SMILES string of the molecule is CC(C)CCN1CCN(C(=O)C(C)C)CC1. The second-order valence-corrected chi connectivity index (χ2v) is 5.50. The summed E-state index contributed by atoms with van der Waals surface area (Å²) in [5.41, 5.74) is 0. The Morgan fingerprint density at radius 1 is 1.06 bits per heavy atom. The highest BCUT2D eigenvalue weighted by Crippen LogP contribution is 2.09. The zero-order chi connectivity index (χ0) is 12.1. The fourth-order valence-corrected chi connectivity index (χ4v) is 2.00. The van der Waals surface area contributed by atoms with Crippen LogP contribution in [-0.4, -0.2) is 48.4 Å². The maximum Gasteiger partial charge on any atom is 0.225 e. The van der Waals surface area contributed by atoms with Crippen LogP contribution in [0, 0.1) is 11.8 Å². The second kappa shape index (κ2) is 6.24. The fraction of sp³-hybridized carbons (Fsp3) is 0.923. The molecule has 3 heteroatoms. The van der Waals surface area contributed by atoms with Crippen molar-refractivity contribution in [1.29, 1.82) is 0 Å². The molecule has 0 spiro atoms. The monoisotopic (exact) mass is 226 g/mol. The van der Waals surface area contributed by atoms with Crippen LogP contribution in [0.25, 0.3) is 0 Å². The first-order chi connectivity index (χ1) is 7.50. The van der Waals surface area contributed by atoms with Crippen molar-refractivity contribution in [3.8, 4) is 0 Å². The molecule has 0 N–H and O–H groups in total. The van der Waals surface area contributed by atoms with Crippen molar-refractivity contribution in [2.45, 2.75) is 34.1 Å². The summed E-state index contributed by atoms with van der Waals surface area (Å²) in [6, 6.07) is 0. The van der Waals surface area contributed by atoms with Crippen LogP contribution in [0.2, 0.25) is 0 Å². The summed E-state index contributed by atoms with van der Waals surface area (Å²) in [7, 11) is 0. The van der Waals surface area contributed by atoms with Gasteiger partial charge in [0.15, 0.2) is 0 Å². The number of amides is 1. The van der Waals surface area contributed by atoms with Crippen molar-refractivity contribution in [2.75, 3.05) is 32.7 Å². The van der Waals surface area contributed by atoms with E-state index in [0.29, 0.717) is 5.91 Å². The summed E-state index contributed by atoms with van der Waals surface area (Å²) in [6.07, 6.45) is 1.26. The van der Waals surface area contributed by atoms with Crippen molar-refractivity contribution in [1.82, 2.24) is 9.80 Å². The highest BCUT2D eigenvalue weighted by molar-refractivity contribution is 5.78. The molecule has 0 saturated carbocycles. The maximum atomic E-state index is 11.8. The van der Waals surface area contributed by atoms with Crippen molar-refractivity contribution in [2.24, 2.45) is 11.8 Å². The van der Waals surface area contributed by atoms with E-state index in [0.717, 1.165) is 32.1 Å².